The van der Waals surface area contributed by atoms with Crippen molar-refractivity contribution in [1.82, 2.24) is 4.98 Å². The molecule has 1 aromatic heterocycles. The Bertz CT molecular complexity index is 491. The fourth-order valence-corrected chi connectivity index (χ4v) is 2.40. The number of anilines is 1. The Balaban J connectivity index is 3.65. The van der Waals surface area contributed by atoms with Crippen molar-refractivity contribution in [2.75, 3.05) is 5.73 Å². The summed E-state index contributed by atoms with van der Waals surface area (Å²) in [4.78, 5) is 2.51. The first-order chi connectivity index (χ1) is 6.75. The van der Waals surface area contributed by atoms with Gasteiger partial charge in [0.1, 0.15) is 10.6 Å². The summed E-state index contributed by atoms with van der Waals surface area (Å²) in [6, 6.07) is 0. The van der Waals surface area contributed by atoms with Gasteiger partial charge >= 0.3 is 0 Å². The largest absolute Gasteiger partial charge is 0.397 e. The van der Waals surface area contributed by atoms with Gasteiger partial charge in [-0.05, 0) is 22.6 Å². The van der Waals surface area contributed by atoms with Crippen molar-refractivity contribution >= 4 is 38.3 Å². The fourth-order valence-electron chi connectivity index (χ4n) is 0.955. The van der Waals surface area contributed by atoms with Crippen LogP contribution in [0, 0.1) is 3.57 Å². The lowest BCUT2D eigenvalue weighted by Gasteiger charge is -2.09. The molecule has 0 aliphatic heterocycles. The highest BCUT2D eigenvalue weighted by molar-refractivity contribution is 14.1. The fraction of sp³-hybridized carbons (Fsp3) is 0.167. The molecule has 15 heavy (non-hydrogen) atoms. The van der Waals surface area contributed by atoms with E-state index >= 15 is 0 Å². The van der Waals surface area contributed by atoms with Crippen LogP contribution in [0.3, 0.4) is 0 Å². The number of alkyl halides is 2. The number of rotatable bonds is 2. The minimum atomic E-state index is -4.30. The molecule has 9 heteroatoms. The van der Waals surface area contributed by atoms with Crippen molar-refractivity contribution in [2.24, 2.45) is 5.14 Å². The van der Waals surface area contributed by atoms with E-state index in [9.17, 15) is 17.2 Å². The van der Waals surface area contributed by atoms with Gasteiger partial charge in [-0.15, -0.1) is 0 Å². The summed E-state index contributed by atoms with van der Waals surface area (Å²) in [5, 5.41) is 4.78. The Labute approximate surface area is 98.0 Å². The average molecular weight is 349 g/mol. The molecule has 1 rings (SSSR count). The van der Waals surface area contributed by atoms with Gasteiger partial charge in [0.25, 0.3) is 6.43 Å². The average Bonchev–Trinajstić information content (AvgIpc) is 2.06. The number of nitrogen functional groups attached to an aromatic ring is 1. The number of halogens is 3. The van der Waals surface area contributed by atoms with E-state index in [4.69, 9.17) is 10.9 Å². The minimum absolute atomic E-state index is 0.251. The molecule has 0 saturated carbocycles. The van der Waals surface area contributed by atoms with Crippen molar-refractivity contribution in [1.29, 1.82) is 0 Å². The third-order valence-electron chi connectivity index (χ3n) is 1.54. The molecule has 0 aliphatic carbocycles. The summed E-state index contributed by atoms with van der Waals surface area (Å²) < 4.78 is 47.2. The molecule has 5 nitrogen and oxygen atoms in total. The molecule has 0 amide bonds. The molecule has 0 spiro atoms. The molecule has 0 unspecified atom stereocenters. The summed E-state index contributed by atoms with van der Waals surface area (Å²) in [5.74, 6) is 0. The van der Waals surface area contributed by atoms with Crippen LogP contribution in [0.15, 0.2) is 11.1 Å². The van der Waals surface area contributed by atoms with Crippen LogP contribution in [-0.2, 0) is 10.0 Å². The Kier molecular flexibility index (Phi) is 3.45. The number of aromatic nitrogens is 1. The Morgan fingerprint density at radius 2 is 2.00 bits per heavy atom. The molecule has 0 saturated heterocycles. The quantitative estimate of drug-likeness (QED) is 0.774. The van der Waals surface area contributed by atoms with Crippen LogP contribution in [0.5, 0.6) is 0 Å². The molecule has 4 N–H and O–H groups in total. The predicted octanol–water partition coefficient (Wildman–Crippen LogP) is 0.853. The molecular weight excluding hydrogens is 343 g/mol. The van der Waals surface area contributed by atoms with E-state index < -0.39 is 27.0 Å². The van der Waals surface area contributed by atoms with Crippen LogP contribution >= 0.6 is 22.6 Å². The van der Waals surface area contributed by atoms with Crippen LogP contribution in [0.1, 0.15) is 12.1 Å². The third kappa shape index (κ3) is 2.52. The second-order valence-electron chi connectivity index (χ2n) is 2.58. The highest BCUT2D eigenvalue weighted by Crippen LogP contribution is 2.30. The smallest absolute Gasteiger partial charge is 0.281 e. The van der Waals surface area contributed by atoms with Crippen molar-refractivity contribution in [3.05, 3.63) is 15.5 Å². The SMILES string of the molecule is Nc1c(I)cnc(C(F)F)c1S(N)(=O)=O. The zero-order valence-electron chi connectivity index (χ0n) is 7.12. The summed E-state index contributed by atoms with van der Waals surface area (Å²) >= 11 is 1.68. The van der Waals surface area contributed by atoms with Crippen LogP contribution in [0.4, 0.5) is 14.5 Å². The van der Waals surface area contributed by atoms with Crippen molar-refractivity contribution in [2.45, 2.75) is 11.3 Å². The lowest BCUT2D eigenvalue weighted by molar-refractivity contribution is 0.142. The first-order valence-electron chi connectivity index (χ1n) is 3.50. The highest BCUT2D eigenvalue weighted by atomic mass is 127. The van der Waals surface area contributed by atoms with Crippen LogP contribution in [0.2, 0.25) is 0 Å². The monoisotopic (exact) mass is 349 g/mol. The van der Waals surface area contributed by atoms with Crippen molar-refractivity contribution in [3.8, 4) is 0 Å². The van der Waals surface area contributed by atoms with E-state index in [1.807, 2.05) is 0 Å². The van der Waals surface area contributed by atoms with Gasteiger partial charge in [-0.25, -0.2) is 22.3 Å². The minimum Gasteiger partial charge on any atom is -0.397 e. The van der Waals surface area contributed by atoms with Gasteiger partial charge in [0, 0.05) is 6.20 Å². The molecule has 0 radical (unpaired) electrons. The summed E-state index contributed by atoms with van der Waals surface area (Å²) in [5.41, 5.74) is 4.14. The standard InChI is InChI=1S/C6H6F2IN3O2S/c7-6(8)4-5(15(11,13)14)3(10)2(9)1-12-4/h1,6H,(H2,10,12)(H2,11,13,14). The molecule has 1 heterocycles. The van der Waals surface area contributed by atoms with Crippen molar-refractivity contribution in [3.63, 3.8) is 0 Å². The predicted molar refractivity (Wildman–Crippen MR) is 57.7 cm³/mol. The lowest BCUT2D eigenvalue weighted by Crippen LogP contribution is -2.18. The molecular formula is C6H6F2IN3O2S. The zero-order valence-corrected chi connectivity index (χ0v) is 10.1. The van der Waals surface area contributed by atoms with E-state index in [0.29, 0.717) is 0 Å². The molecule has 0 fully saturated rings. The lowest BCUT2D eigenvalue weighted by atomic mass is 10.3. The van der Waals surface area contributed by atoms with Gasteiger partial charge in [0.15, 0.2) is 0 Å². The second kappa shape index (κ2) is 4.14. The third-order valence-corrected chi connectivity index (χ3v) is 3.40. The summed E-state index contributed by atoms with van der Waals surface area (Å²) in [6.07, 6.45) is -1.98. The highest BCUT2D eigenvalue weighted by Gasteiger charge is 2.26. The topological polar surface area (TPSA) is 99.1 Å². The normalized spacial score (nSPS) is 12.1. The van der Waals surface area contributed by atoms with Crippen LogP contribution in [-0.4, -0.2) is 13.4 Å². The summed E-state index contributed by atoms with van der Waals surface area (Å²) in [7, 11) is -4.30. The van der Waals surface area contributed by atoms with Gasteiger partial charge in [-0.1, -0.05) is 0 Å². The van der Waals surface area contributed by atoms with Crippen LogP contribution < -0.4 is 10.9 Å². The Morgan fingerprint density at radius 1 is 1.47 bits per heavy atom. The molecule has 0 atom stereocenters. The molecule has 1 aromatic rings. The van der Waals surface area contributed by atoms with E-state index in [2.05, 4.69) is 4.98 Å². The van der Waals surface area contributed by atoms with Gasteiger partial charge in [0.05, 0.1) is 9.26 Å². The number of primary sulfonamides is 1. The van der Waals surface area contributed by atoms with E-state index in [1.165, 1.54) is 0 Å². The first-order valence-corrected chi connectivity index (χ1v) is 6.12. The van der Waals surface area contributed by atoms with Crippen LogP contribution in [0.25, 0.3) is 0 Å². The Hall–Kier alpha value is -0.550. The molecule has 0 bridgehead atoms. The first kappa shape index (κ1) is 12.5. The van der Waals surface area contributed by atoms with E-state index in [-0.39, 0.29) is 9.26 Å². The maximum absolute atomic E-state index is 12.4. The van der Waals surface area contributed by atoms with Gasteiger partial charge in [-0.3, -0.25) is 4.98 Å². The molecule has 0 aromatic carbocycles. The number of hydrogen-bond donors (Lipinski definition) is 2. The van der Waals surface area contributed by atoms with Gasteiger partial charge < -0.3 is 5.73 Å². The molecule has 0 aliphatic rings. The maximum Gasteiger partial charge on any atom is 0.281 e. The zero-order chi connectivity index (χ0) is 11.8. The Morgan fingerprint density at radius 3 is 2.40 bits per heavy atom. The van der Waals surface area contributed by atoms with E-state index in [0.717, 1.165) is 6.20 Å². The number of nitrogens with two attached hydrogens (primary N) is 2. The number of nitrogens with zero attached hydrogens (tertiary/aromatic N) is 1. The summed E-state index contributed by atoms with van der Waals surface area (Å²) in [6.45, 7) is 0. The number of pyridine rings is 1. The molecule has 84 valence electrons. The maximum atomic E-state index is 12.4. The van der Waals surface area contributed by atoms with E-state index in [1.54, 1.807) is 22.6 Å². The number of hydrogen-bond acceptors (Lipinski definition) is 4. The van der Waals surface area contributed by atoms with Crippen molar-refractivity contribution < 1.29 is 17.2 Å². The van der Waals surface area contributed by atoms with Gasteiger partial charge in [0.2, 0.25) is 10.0 Å². The number of sulfonamides is 1. The second-order valence-corrected chi connectivity index (χ2v) is 5.24. The van der Waals surface area contributed by atoms with Gasteiger partial charge in [-0.2, -0.15) is 0 Å².